The summed E-state index contributed by atoms with van der Waals surface area (Å²) in [6, 6.07) is 22.0. The van der Waals surface area contributed by atoms with Gasteiger partial charge in [-0.05, 0) is 29.8 Å². The Morgan fingerprint density at radius 2 is 1.81 bits per heavy atom. The first kappa shape index (κ1) is 16.4. The Kier molecular flexibility index (Phi) is 4.42. The summed E-state index contributed by atoms with van der Waals surface area (Å²) in [6.07, 6.45) is 1.80. The highest BCUT2D eigenvalue weighted by Crippen LogP contribution is 2.33. The van der Waals surface area contributed by atoms with Crippen molar-refractivity contribution < 1.29 is 0 Å². The molecule has 0 saturated heterocycles. The number of nitrogens with one attached hydrogen (secondary N) is 1. The number of rotatable bonds is 4. The fourth-order valence-corrected chi connectivity index (χ4v) is 3.14. The SMILES string of the molecule is Nc1c(Cl)nc2ccccc2c1NCc1cccc(-c2ccccn2)c1. The lowest BCUT2D eigenvalue weighted by Crippen LogP contribution is -2.05. The van der Waals surface area contributed by atoms with E-state index in [4.69, 9.17) is 17.3 Å². The van der Waals surface area contributed by atoms with E-state index in [1.165, 1.54) is 0 Å². The molecule has 0 amide bonds. The fourth-order valence-electron chi connectivity index (χ4n) is 2.95. The number of nitrogen functional groups attached to an aromatic ring is 1. The maximum absolute atomic E-state index is 6.20. The monoisotopic (exact) mass is 360 g/mol. The molecule has 26 heavy (non-hydrogen) atoms. The van der Waals surface area contributed by atoms with Crippen LogP contribution in [0.5, 0.6) is 0 Å². The Balaban J connectivity index is 1.64. The molecule has 0 radical (unpaired) electrons. The molecule has 0 atom stereocenters. The quantitative estimate of drug-likeness (QED) is 0.494. The molecule has 2 heterocycles. The Morgan fingerprint density at radius 3 is 2.65 bits per heavy atom. The number of hydrogen-bond donors (Lipinski definition) is 2. The summed E-state index contributed by atoms with van der Waals surface area (Å²) in [6.45, 7) is 0.620. The van der Waals surface area contributed by atoms with Gasteiger partial charge in [0.2, 0.25) is 0 Å². The first-order chi connectivity index (χ1) is 12.7. The number of anilines is 2. The molecule has 128 valence electrons. The average Bonchev–Trinajstić information content (AvgIpc) is 2.69. The minimum atomic E-state index is 0.313. The van der Waals surface area contributed by atoms with Gasteiger partial charge in [-0.15, -0.1) is 0 Å². The molecular weight excluding hydrogens is 344 g/mol. The van der Waals surface area contributed by atoms with Crippen LogP contribution in [0.25, 0.3) is 22.2 Å². The first-order valence-corrected chi connectivity index (χ1v) is 8.68. The molecule has 0 saturated carbocycles. The molecule has 5 heteroatoms. The van der Waals surface area contributed by atoms with Gasteiger partial charge in [0.05, 0.1) is 22.6 Å². The smallest absolute Gasteiger partial charge is 0.154 e. The molecule has 2 aromatic heterocycles. The highest BCUT2D eigenvalue weighted by Gasteiger charge is 2.11. The van der Waals surface area contributed by atoms with Crippen LogP contribution in [0.3, 0.4) is 0 Å². The van der Waals surface area contributed by atoms with Crippen molar-refractivity contribution in [3.8, 4) is 11.3 Å². The maximum atomic E-state index is 6.20. The molecular formula is C21H17ClN4. The summed E-state index contributed by atoms with van der Waals surface area (Å²) in [5.41, 5.74) is 11.4. The van der Waals surface area contributed by atoms with Gasteiger partial charge in [0.25, 0.3) is 0 Å². The molecule has 4 nitrogen and oxygen atoms in total. The van der Waals surface area contributed by atoms with Gasteiger partial charge < -0.3 is 11.1 Å². The molecule has 2 aromatic carbocycles. The van der Waals surface area contributed by atoms with Crippen molar-refractivity contribution in [1.29, 1.82) is 0 Å². The summed E-state index contributed by atoms with van der Waals surface area (Å²) in [5.74, 6) is 0. The summed E-state index contributed by atoms with van der Waals surface area (Å²) in [7, 11) is 0. The highest BCUT2D eigenvalue weighted by molar-refractivity contribution is 6.33. The minimum absolute atomic E-state index is 0.313. The number of nitrogens with two attached hydrogens (primary N) is 1. The molecule has 0 bridgehead atoms. The average molecular weight is 361 g/mol. The van der Waals surface area contributed by atoms with Gasteiger partial charge in [0.1, 0.15) is 0 Å². The molecule has 0 aliphatic carbocycles. The third-order valence-electron chi connectivity index (χ3n) is 4.24. The number of aromatic nitrogens is 2. The predicted molar refractivity (Wildman–Crippen MR) is 108 cm³/mol. The van der Waals surface area contributed by atoms with Gasteiger partial charge in [0, 0.05) is 23.7 Å². The normalized spacial score (nSPS) is 10.8. The lowest BCUT2D eigenvalue weighted by atomic mass is 10.1. The van der Waals surface area contributed by atoms with Crippen molar-refractivity contribution in [1.82, 2.24) is 9.97 Å². The van der Waals surface area contributed by atoms with Crippen LogP contribution >= 0.6 is 11.6 Å². The van der Waals surface area contributed by atoms with E-state index in [-0.39, 0.29) is 0 Å². The summed E-state index contributed by atoms with van der Waals surface area (Å²) >= 11 is 6.20. The Morgan fingerprint density at radius 1 is 0.962 bits per heavy atom. The van der Waals surface area contributed by atoms with Crippen molar-refractivity contribution in [2.24, 2.45) is 0 Å². The Hall–Kier alpha value is -3.11. The number of nitrogens with zero attached hydrogens (tertiary/aromatic N) is 2. The van der Waals surface area contributed by atoms with E-state index < -0.39 is 0 Å². The molecule has 0 spiro atoms. The molecule has 3 N–H and O–H groups in total. The lowest BCUT2D eigenvalue weighted by Gasteiger charge is -2.14. The summed E-state index contributed by atoms with van der Waals surface area (Å²) in [5, 5.41) is 4.69. The minimum Gasteiger partial charge on any atom is -0.395 e. The number of benzene rings is 2. The van der Waals surface area contributed by atoms with Crippen molar-refractivity contribution in [3.05, 3.63) is 83.6 Å². The Labute approximate surface area is 156 Å². The van der Waals surface area contributed by atoms with Crippen LogP contribution in [0, 0.1) is 0 Å². The number of halogens is 1. The number of pyridine rings is 2. The van der Waals surface area contributed by atoms with Gasteiger partial charge in [-0.2, -0.15) is 0 Å². The van der Waals surface area contributed by atoms with E-state index in [1.807, 2.05) is 48.5 Å². The number of para-hydroxylation sites is 1. The van der Waals surface area contributed by atoms with Crippen LogP contribution in [0.1, 0.15) is 5.56 Å². The van der Waals surface area contributed by atoms with Crippen LogP contribution < -0.4 is 11.1 Å². The first-order valence-electron chi connectivity index (χ1n) is 8.30. The standard InChI is InChI=1S/C21H17ClN4/c22-21-19(23)20(16-8-1-2-10-18(16)26-21)25-13-14-6-5-7-15(12-14)17-9-3-4-11-24-17/h1-12H,13,23H2,(H,25,26). The van der Waals surface area contributed by atoms with E-state index in [2.05, 4.69) is 33.5 Å². The van der Waals surface area contributed by atoms with Gasteiger partial charge in [0.15, 0.2) is 5.15 Å². The second-order valence-electron chi connectivity index (χ2n) is 5.98. The second kappa shape index (κ2) is 7.02. The zero-order valence-corrected chi connectivity index (χ0v) is 14.7. The third-order valence-corrected chi connectivity index (χ3v) is 4.53. The molecule has 0 aliphatic rings. The van der Waals surface area contributed by atoms with E-state index in [0.717, 1.165) is 33.4 Å². The van der Waals surface area contributed by atoms with Gasteiger partial charge in [-0.1, -0.05) is 54.1 Å². The van der Waals surface area contributed by atoms with E-state index in [9.17, 15) is 0 Å². The molecule has 0 aliphatic heterocycles. The van der Waals surface area contributed by atoms with Gasteiger partial charge in [-0.3, -0.25) is 4.98 Å². The lowest BCUT2D eigenvalue weighted by molar-refractivity contribution is 1.15. The largest absolute Gasteiger partial charge is 0.395 e. The molecule has 0 fully saturated rings. The van der Waals surface area contributed by atoms with Crippen molar-refractivity contribution in [2.75, 3.05) is 11.1 Å². The Bertz CT molecular complexity index is 1060. The van der Waals surface area contributed by atoms with Crippen molar-refractivity contribution in [2.45, 2.75) is 6.54 Å². The third kappa shape index (κ3) is 3.19. The zero-order valence-electron chi connectivity index (χ0n) is 14.0. The molecule has 4 rings (SSSR count). The zero-order chi connectivity index (χ0) is 17.9. The van der Waals surface area contributed by atoms with E-state index in [0.29, 0.717) is 17.4 Å². The van der Waals surface area contributed by atoms with Crippen LogP contribution in [-0.2, 0) is 6.54 Å². The second-order valence-corrected chi connectivity index (χ2v) is 6.34. The number of fused-ring (bicyclic) bond motifs is 1. The molecule has 4 aromatic rings. The van der Waals surface area contributed by atoms with Crippen LogP contribution in [0.2, 0.25) is 5.15 Å². The van der Waals surface area contributed by atoms with E-state index >= 15 is 0 Å². The van der Waals surface area contributed by atoms with Crippen molar-refractivity contribution in [3.63, 3.8) is 0 Å². The fraction of sp³-hybridized carbons (Fsp3) is 0.0476. The van der Waals surface area contributed by atoms with E-state index in [1.54, 1.807) is 6.20 Å². The van der Waals surface area contributed by atoms with Gasteiger partial charge in [-0.25, -0.2) is 4.98 Å². The van der Waals surface area contributed by atoms with Crippen molar-refractivity contribution >= 4 is 33.9 Å². The topological polar surface area (TPSA) is 63.8 Å². The molecule has 0 unspecified atom stereocenters. The highest BCUT2D eigenvalue weighted by atomic mass is 35.5. The van der Waals surface area contributed by atoms with Crippen LogP contribution in [-0.4, -0.2) is 9.97 Å². The predicted octanol–water partition coefficient (Wildman–Crippen LogP) is 5.14. The summed E-state index contributed by atoms with van der Waals surface area (Å²) < 4.78 is 0. The van der Waals surface area contributed by atoms with Gasteiger partial charge >= 0.3 is 0 Å². The maximum Gasteiger partial charge on any atom is 0.154 e. The van der Waals surface area contributed by atoms with Crippen LogP contribution in [0.15, 0.2) is 72.9 Å². The number of hydrogen-bond acceptors (Lipinski definition) is 4. The van der Waals surface area contributed by atoms with Crippen LogP contribution in [0.4, 0.5) is 11.4 Å². The summed E-state index contributed by atoms with van der Waals surface area (Å²) in [4.78, 5) is 8.75.